The molecule has 1 aromatic carbocycles. The number of hydrogen-bond donors (Lipinski definition) is 0. The maximum Gasteiger partial charge on any atom is 0.306 e. The molecule has 0 spiro atoms. The highest BCUT2D eigenvalue weighted by molar-refractivity contribution is 7.90. The number of rotatable bonds is 3. The van der Waals surface area contributed by atoms with E-state index in [2.05, 4.69) is 0 Å². The van der Waals surface area contributed by atoms with Crippen LogP contribution in [0.15, 0.2) is 29.2 Å². The van der Waals surface area contributed by atoms with Crippen molar-refractivity contribution in [1.82, 2.24) is 0 Å². The Morgan fingerprint density at radius 2 is 1.53 bits per heavy atom. The third-order valence-electron chi connectivity index (χ3n) is 1.69. The maximum absolute atomic E-state index is 12.3. The fourth-order valence-corrected chi connectivity index (χ4v) is 2.25. The summed E-state index contributed by atoms with van der Waals surface area (Å²) >= 11 is 0. The molecular weight excluding hydrogens is 243 g/mol. The van der Waals surface area contributed by atoms with Crippen molar-refractivity contribution in [3.05, 3.63) is 29.8 Å². The predicted octanol–water partition coefficient (Wildman–Crippen LogP) is 0.889. The summed E-state index contributed by atoms with van der Waals surface area (Å²) < 4.78 is 54.9. The molecule has 0 radical (unpaired) electrons. The van der Waals surface area contributed by atoms with E-state index in [4.69, 9.17) is 0 Å². The molecule has 15 heavy (non-hydrogen) atoms. The molecule has 7 heteroatoms. The van der Waals surface area contributed by atoms with Crippen molar-refractivity contribution in [3.8, 4) is 0 Å². The van der Waals surface area contributed by atoms with Gasteiger partial charge in [0.2, 0.25) is 0 Å². The van der Waals surface area contributed by atoms with Crippen molar-refractivity contribution in [2.45, 2.75) is 10.6 Å². The number of halogens is 1. The lowest BCUT2D eigenvalue weighted by Crippen LogP contribution is -1.99. The van der Waals surface area contributed by atoms with Crippen molar-refractivity contribution in [1.29, 1.82) is 0 Å². The molecular formula is C8H9FO4S2. The first-order chi connectivity index (χ1) is 6.68. The highest BCUT2D eigenvalue weighted by Gasteiger charge is 2.10. The summed E-state index contributed by atoms with van der Waals surface area (Å²) in [5, 5.41) is 0. The second-order valence-corrected chi connectivity index (χ2v) is 6.48. The molecule has 0 fully saturated rings. The van der Waals surface area contributed by atoms with Crippen molar-refractivity contribution < 1.29 is 20.7 Å². The van der Waals surface area contributed by atoms with Crippen molar-refractivity contribution in [3.63, 3.8) is 0 Å². The van der Waals surface area contributed by atoms with Crippen LogP contribution in [-0.2, 0) is 25.8 Å². The van der Waals surface area contributed by atoms with E-state index >= 15 is 0 Å². The summed E-state index contributed by atoms with van der Waals surface area (Å²) in [6.45, 7) is 0. The van der Waals surface area contributed by atoms with Gasteiger partial charge < -0.3 is 0 Å². The summed E-state index contributed by atoms with van der Waals surface area (Å²) in [6.07, 6.45) is 1.04. The third-order valence-corrected chi connectivity index (χ3v) is 3.50. The molecule has 0 aliphatic rings. The van der Waals surface area contributed by atoms with Crippen molar-refractivity contribution in [2.24, 2.45) is 0 Å². The summed E-state index contributed by atoms with van der Waals surface area (Å²) in [4.78, 5) is 0.0718. The molecule has 84 valence electrons. The van der Waals surface area contributed by atoms with E-state index in [1.54, 1.807) is 0 Å². The zero-order chi connectivity index (χ0) is 11.7. The first-order valence-electron chi connectivity index (χ1n) is 3.90. The molecule has 0 amide bonds. The van der Waals surface area contributed by atoms with E-state index in [1.807, 2.05) is 0 Å². The molecule has 0 N–H and O–H groups in total. The molecule has 0 saturated heterocycles. The Balaban J connectivity index is 3.02. The Hall–Kier alpha value is -0.950. The number of benzene rings is 1. The van der Waals surface area contributed by atoms with Gasteiger partial charge in [-0.25, -0.2) is 8.42 Å². The topological polar surface area (TPSA) is 68.3 Å². The molecule has 0 aromatic heterocycles. The monoisotopic (exact) mass is 252 g/mol. The minimum absolute atomic E-state index is 0.0718. The number of hydrogen-bond acceptors (Lipinski definition) is 4. The predicted molar refractivity (Wildman–Crippen MR) is 53.3 cm³/mol. The normalized spacial score (nSPS) is 12.7. The quantitative estimate of drug-likeness (QED) is 0.749. The van der Waals surface area contributed by atoms with Gasteiger partial charge in [0.1, 0.15) is 5.75 Å². The highest BCUT2D eigenvalue weighted by atomic mass is 32.3. The maximum atomic E-state index is 12.3. The van der Waals surface area contributed by atoms with Gasteiger partial charge in [-0.15, -0.1) is 3.89 Å². The minimum Gasteiger partial charge on any atom is -0.224 e. The first-order valence-corrected chi connectivity index (χ1v) is 7.34. The van der Waals surface area contributed by atoms with Gasteiger partial charge in [0.25, 0.3) is 0 Å². The van der Waals surface area contributed by atoms with E-state index in [-0.39, 0.29) is 10.5 Å². The lowest BCUT2D eigenvalue weighted by atomic mass is 10.2. The van der Waals surface area contributed by atoms with Crippen molar-refractivity contribution in [2.75, 3.05) is 6.26 Å². The minimum atomic E-state index is -4.57. The SMILES string of the molecule is CS(=O)(=O)c1ccc(CS(=O)(=O)F)cc1. The zero-order valence-electron chi connectivity index (χ0n) is 7.84. The van der Waals surface area contributed by atoms with Gasteiger partial charge in [0.15, 0.2) is 9.84 Å². The Bertz CT molecular complexity index is 543. The third kappa shape index (κ3) is 3.96. The Labute approximate surface area is 87.9 Å². The van der Waals surface area contributed by atoms with E-state index in [0.29, 0.717) is 0 Å². The van der Waals surface area contributed by atoms with Crippen LogP contribution in [0.25, 0.3) is 0 Å². The first kappa shape index (κ1) is 12.1. The number of sulfone groups is 1. The molecule has 1 aromatic rings. The van der Waals surface area contributed by atoms with Crippen LogP contribution in [0.1, 0.15) is 5.56 Å². The lowest BCUT2D eigenvalue weighted by Gasteiger charge is -2.00. The average Bonchev–Trinajstić information content (AvgIpc) is 2.00. The van der Waals surface area contributed by atoms with Gasteiger partial charge in [-0.1, -0.05) is 12.1 Å². The van der Waals surface area contributed by atoms with Gasteiger partial charge in [-0.3, -0.25) is 0 Å². The molecule has 0 aliphatic heterocycles. The Morgan fingerprint density at radius 1 is 1.07 bits per heavy atom. The van der Waals surface area contributed by atoms with E-state index in [9.17, 15) is 20.7 Å². The Kier molecular flexibility index (Phi) is 3.15. The van der Waals surface area contributed by atoms with Gasteiger partial charge in [-0.2, -0.15) is 8.42 Å². The smallest absolute Gasteiger partial charge is 0.224 e. The average molecular weight is 252 g/mol. The molecule has 0 bridgehead atoms. The fourth-order valence-electron chi connectivity index (χ4n) is 1.03. The zero-order valence-corrected chi connectivity index (χ0v) is 9.48. The van der Waals surface area contributed by atoms with Crippen LogP contribution in [0.3, 0.4) is 0 Å². The Morgan fingerprint density at radius 3 is 1.87 bits per heavy atom. The molecule has 4 nitrogen and oxygen atoms in total. The molecule has 0 saturated carbocycles. The second-order valence-electron chi connectivity index (χ2n) is 3.10. The van der Waals surface area contributed by atoms with Gasteiger partial charge in [-0.05, 0) is 17.7 Å². The highest BCUT2D eigenvalue weighted by Crippen LogP contribution is 2.12. The second kappa shape index (κ2) is 3.90. The van der Waals surface area contributed by atoms with E-state index in [0.717, 1.165) is 6.26 Å². The molecule has 0 unspecified atom stereocenters. The lowest BCUT2D eigenvalue weighted by molar-refractivity contribution is 0.551. The van der Waals surface area contributed by atoms with E-state index in [1.165, 1.54) is 24.3 Å². The van der Waals surface area contributed by atoms with Crippen LogP contribution < -0.4 is 0 Å². The van der Waals surface area contributed by atoms with Crippen LogP contribution >= 0.6 is 0 Å². The standard InChI is InChI=1S/C8H9FO4S2/c1-14(10,11)8-4-2-7(3-5-8)6-15(9,12)13/h2-5H,6H2,1H3. The molecule has 0 aliphatic carbocycles. The van der Waals surface area contributed by atoms with Crippen molar-refractivity contribution >= 4 is 20.1 Å². The largest absolute Gasteiger partial charge is 0.306 e. The molecule has 1 rings (SSSR count). The van der Waals surface area contributed by atoms with Gasteiger partial charge in [0, 0.05) is 6.26 Å². The molecule has 0 atom stereocenters. The molecule has 0 heterocycles. The summed E-state index contributed by atoms with van der Waals surface area (Å²) in [5.74, 6) is -0.739. The van der Waals surface area contributed by atoms with Crippen LogP contribution in [0.2, 0.25) is 0 Å². The van der Waals surface area contributed by atoms with Gasteiger partial charge >= 0.3 is 10.2 Å². The van der Waals surface area contributed by atoms with E-state index < -0.39 is 25.8 Å². The van der Waals surface area contributed by atoms with Crippen LogP contribution in [0.5, 0.6) is 0 Å². The summed E-state index contributed by atoms with van der Waals surface area (Å²) in [5.41, 5.74) is 0.213. The van der Waals surface area contributed by atoms with Crippen LogP contribution in [0, 0.1) is 0 Å². The van der Waals surface area contributed by atoms with Gasteiger partial charge in [0.05, 0.1) is 4.90 Å². The fraction of sp³-hybridized carbons (Fsp3) is 0.250. The summed E-state index contributed by atoms with van der Waals surface area (Å²) in [6, 6.07) is 5.03. The van der Waals surface area contributed by atoms with Crippen LogP contribution in [-0.4, -0.2) is 23.1 Å². The van der Waals surface area contributed by atoms with Crippen LogP contribution in [0.4, 0.5) is 3.89 Å². The summed E-state index contributed by atoms with van der Waals surface area (Å²) in [7, 11) is -7.88.